The number of fused-ring (bicyclic) bond motifs is 1. The smallest absolute Gasteiger partial charge is 0.0457 e. The van der Waals surface area contributed by atoms with Crippen LogP contribution in [-0.2, 0) is 5.75 Å². The summed E-state index contributed by atoms with van der Waals surface area (Å²) in [6.07, 6.45) is 5.77. The van der Waals surface area contributed by atoms with Gasteiger partial charge in [-0.2, -0.15) is 11.8 Å². The summed E-state index contributed by atoms with van der Waals surface area (Å²) in [5.41, 5.74) is 4.21. The second-order valence-corrected chi connectivity index (χ2v) is 8.22. The molecule has 0 radical (unpaired) electrons. The molecule has 1 aliphatic rings. The maximum Gasteiger partial charge on any atom is 0.0457 e. The minimum atomic E-state index is 1.09. The van der Waals surface area contributed by atoms with Crippen molar-refractivity contribution >= 4 is 39.6 Å². The van der Waals surface area contributed by atoms with Gasteiger partial charge in [-0.1, -0.05) is 30.3 Å². The van der Waals surface area contributed by atoms with Crippen LogP contribution in [0.1, 0.15) is 16.9 Å². The highest BCUT2D eigenvalue weighted by Gasteiger charge is 2.13. The third-order valence-corrected chi connectivity index (χ3v) is 6.55. The van der Waals surface area contributed by atoms with Crippen LogP contribution in [-0.4, -0.2) is 35.3 Å². The normalized spacial score (nSPS) is 15.8. The maximum atomic E-state index is 3.37. The Morgan fingerprint density at radius 1 is 1.17 bits per heavy atom. The standard InChI is InChI=1S/C20H22N2S2/c1-2-5-19-18(4-1)17(14-21-19)15-23-13-11-22-9-7-16(8-10-22)20-6-3-12-24-20/h1-7,12,14,21H,8-11,13,15H2. The molecule has 0 fully saturated rings. The predicted octanol–water partition coefficient (Wildman–Crippen LogP) is 5.25. The van der Waals surface area contributed by atoms with E-state index in [4.69, 9.17) is 0 Å². The van der Waals surface area contributed by atoms with Crippen LogP contribution in [0.15, 0.2) is 54.1 Å². The van der Waals surface area contributed by atoms with Crippen LogP contribution in [0.25, 0.3) is 16.5 Å². The van der Waals surface area contributed by atoms with Crippen LogP contribution in [0.2, 0.25) is 0 Å². The highest BCUT2D eigenvalue weighted by molar-refractivity contribution is 7.98. The lowest BCUT2D eigenvalue weighted by atomic mass is 10.1. The number of nitrogens with zero attached hydrogens (tertiary/aromatic N) is 1. The Labute approximate surface area is 151 Å². The molecule has 2 aromatic heterocycles. The maximum absolute atomic E-state index is 3.37. The average molecular weight is 355 g/mol. The summed E-state index contributed by atoms with van der Waals surface area (Å²) in [4.78, 5) is 7.38. The highest BCUT2D eigenvalue weighted by atomic mass is 32.2. The zero-order chi connectivity index (χ0) is 16.2. The van der Waals surface area contributed by atoms with Gasteiger partial charge in [0.05, 0.1) is 0 Å². The van der Waals surface area contributed by atoms with Crippen LogP contribution < -0.4 is 0 Å². The number of nitrogens with one attached hydrogen (secondary N) is 1. The van der Waals surface area contributed by atoms with Gasteiger partial charge in [-0.25, -0.2) is 0 Å². The Bertz CT molecular complexity index is 817. The van der Waals surface area contributed by atoms with Gasteiger partial charge in [-0.05, 0) is 35.1 Å². The van der Waals surface area contributed by atoms with Crippen molar-refractivity contribution in [1.82, 2.24) is 9.88 Å². The van der Waals surface area contributed by atoms with Crippen molar-refractivity contribution in [3.8, 4) is 0 Å². The minimum absolute atomic E-state index is 1.09. The van der Waals surface area contributed by atoms with Gasteiger partial charge in [0.1, 0.15) is 0 Å². The van der Waals surface area contributed by atoms with E-state index in [-0.39, 0.29) is 0 Å². The lowest BCUT2D eigenvalue weighted by molar-refractivity contribution is 0.321. The van der Waals surface area contributed by atoms with E-state index in [1.54, 1.807) is 0 Å². The molecular formula is C20H22N2S2. The Balaban J connectivity index is 1.24. The van der Waals surface area contributed by atoms with Gasteiger partial charge >= 0.3 is 0 Å². The van der Waals surface area contributed by atoms with Crippen LogP contribution in [0.4, 0.5) is 0 Å². The molecule has 2 nitrogen and oxygen atoms in total. The van der Waals surface area contributed by atoms with E-state index >= 15 is 0 Å². The van der Waals surface area contributed by atoms with E-state index in [1.807, 2.05) is 23.1 Å². The fourth-order valence-electron chi connectivity index (χ4n) is 3.23. The topological polar surface area (TPSA) is 19.0 Å². The molecule has 24 heavy (non-hydrogen) atoms. The molecule has 0 aliphatic carbocycles. The molecule has 0 unspecified atom stereocenters. The molecule has 1 aliphatic heterocycles. The molecule has 4 heteroatoms. The average Bonchev–Trinajstić information content (AvgIpc) is 3.30. The Hall–Kier alpha value is -1.49. The number of hydrogen-bond donors (Lipinski definition) is 1. The Kier molecular flexibility index (Phi) is 5.07. The van der Waals surface area contributed by atoms with Crippen molar-refractivity contribution < 1.29 is 0 Å². The molecule has 3 aromatic rings. The van der Waals surface area contributed by atoms with Crippen LogP contribution in [0.3, 0.4) is 0 Å². The van der Waals surface area contributed by atoms with E-state index in [9.17, 15) is 0 Å². The summed E-state index contributed by atoms with van der Waals surface area (Å²) in [5, 5.41) is 3.54. The summed E-state index contributed by atoms with van der Waals surface area (Å²) >= 11 is 3.90. The van der Waals surface area contributed by atoms with Crippen molar-refractivity contribution in [3.63, 3.8) is 0 Å². The van der Waals surface area contributed by atoms with Crippen molar-refractivity contribution in [2.24, 2.45) is 0 Å². The predicted molar refractivity (Wildman–Crippen MR) is 108 cm³/mol. The number of para-hydroxylation sites is 1. The van der Waals surface area contributed by atoms with Gasteiger partial charge in [0.15, 0.2) is 0 Å². The van der Waals surface area contributed by atoms with E-state index < -0.39 is 0 Å². The second-order valence-electron chi connectivity index (χ2n) is 6.17. The Morgan fingerprint density at radius 3 is 2.96 bits per heavy atom. The van der Waals surface area contributed by atoms with Gasteiger partial charge in [-0.3, -0.25) is 4.90 Å². The zero-order valence-corrected chi connectivity index (χ0v) is 15.3. The number of thioether (sulfide) groups is 1. The number of hydrogen-bond acceptors (Lipinski definition) is 3. The lowest BCUT2D eigenvalue weighted by Gasteiger charge is -2.25. The van der Waals surface area contributed by atoms with Crippen LogP contribution in [0.5, 0.6) is 0 Å². The minimum Gasteiger partial charge on any atom is -0.361 e. The molecule has 124 valence electrons. The first-order valence-corrected chi connectivity index (χ1v) is 10.5. The van der Waals surface area contributed by atoms with Crippen molar-refractivity contribution in [2.75, 3.05) is 25.4 Å². The number of aromatic nitrogens is 1. The second kappa shape index (κ2) is 7.60. The first-order chi connectivity index (χ1) is 11.9. The molecule has 3 heterocycles. The molecule has 0 amide bonds. The molecule has 1 N–H and O–H groups in total. The zero-order valence-electron chi connectivity index (χ0n) is 13.7. The molecule has 0 atom stereocenters. The summed E-state index contributed by atoms with van der Waals surface area (Å²) < 4.78 is 0. The van der Waals surface area contributed by atoms with Gasteiger partial charge < -0.3 is 4.98 Å². The van der Waals surface area contributed by atoms with Crippen molar-refractivity contribution in [1.29, 1.82) is 0 Å². The van der Waals surface area contributed by atoms with Gasteiger partial charge in [0.25, 0.3) is 0 Å². The molecule has 0 bridgehead atoms. The molecule has 4 rings (SSSR count). The van der Waals surface area contributed by atoms with Crippen LogP contribution >= 0.6 is 23.1 Å². The highest BCUT2D eigenvalue weighted by Crippen LogP contribution is 2.26. The van der Waals surface area contributed by atoms with Crippen molar-refractivity contribution in [2.45, 2.75) is 12.2 Å². The largest absolute Gasteiger partial charge is 0.361 e. The summed E-state index contributed by atoms with van der Waals surface area (Å²) in [5.74, 6) is 2.29. The van der Waals surface area contributed by atoms with Gasteiger partial charge in [0.2, 0.25) is 0 Å². The third kappa shape index (κ3) is 3.61. The fraction of sp³-hybridized carbons (Fsp3) is 0.300. The summed E-state index contributed by atoms with van der Waals surface area (Å²) in [6, 6.07) is 13.0. The first kappa shape index (κ1) is 16.0. The van der Waals surface area contributed by atoms with Gasteiger partial charge in [-0.15, -0.1) is 11.3 Å². The number of rotatable bonds is 6. The van der Waals surface area contributed by atoms with E-state index in [2.05, 4.69) is 63.9 Å². The van der Waals surface area contributed by atoms with E-state index in [0.29, 0.717) is 0 Å². The van der Waals surface area contributed by atoms with E-state index in [0.717, 1.165) is 12.3 Å². The van der Waals surface area contributed by atoms with Gasteiger partial charge in [0, 0.05) is 53.1 Å². The SMILES string of the molecule is C1=C(c2cccs2)CCN(CCSCc2c[nH]c3ccccc23)C1. The quantitative estimate of drug-likeness (QED) is 0.610. The lowest BCUT2D eigenvalue weighted by Crippen LogP contribution is -2.30. The fourth-order valence-corrected chi connectivity index (χ4v) is 5.01. The first-order valence-electron chi connectivity index (χ1n) is 8.48. The molecule has 0 saturated carbocycles. The molecule has 0 spiro atoms. The number of H-pyrrole nitrogens is 1. The summed E-state index contributed by atoms with van der Waals surface area (Å²) in [7, 11) is 0. The molecular weight excluding hydrogens is 332 g/mol. The van der Waals surface area contributed by atoms with Crippen molar-refractivity contribution in [3.05, 3.63) is 64.5 Å². The number of benzene rings is 1. The Morgan fingerprint density at radius 2 is 2.12 bits per heavy atom. The number of thiophene rings is 1. The molecule has 1 aromatic carbocycles. The monoisotopic (exact) mass is 354 g/mol. The number of aromatic amines is 1. The molecule has 0 saturated heterocycles. The van der Waals surface area contributed by atoms with E-state index in [1.165, 1.54) is 52.2 Å². The third-order valence-electron chi connectivity index (χ3n) is 4.62. The summed E-state index contributed by atoms with van der Waals surface area (Å²) in [6.45, 7) is 3.47. The van der Waals surface area contributed by atoms with Crippen LogP contribution in [0, 0.1) is 0 Å².